The van der Waals surface area contributed by atoms with E-state index in [0.29, 0.717) is 11.3 Å². The number of rotatable bonds is 8. The van der Waals surface area contributed by atoms with Gasteiger partial charge in [-0.1, -0.05) is 32.0 Å². The van der Waals surface area contributed by atoms with Gasteiger partial charge in [-0.15, -0.1) is 0 Å². The Morgan fingerprint density at radius 3 is 2.45 bits per heavy atom. The van der Waals surface area contributed by atoms with E-state index in [1.165, 1.54) is 7.11 Å². The maximum Gasteiger partial charge on any atom is 0.326 e. The van der Waals surface area contributed by atoms with Crippen molar-refractivity contribution in [2.24, 2.45) is 5.92 Å². The molecule has 0 spiro atoms. The van der Waals surface area contributed by atoms with Gasteiger partial charge in [0.2, 0.25) is 5.91 Å². The summed E-state index contributed by atoms with van der Waals surface area (Å²) in [5.74, 6) is -1.13. The van der Waals surface area contributed by atoms with Crippen LogP contribution < -0.4 is 10.1 Å². The smallest absolute Gasteiger partial charge is 0.326 e. The highest BCUT2D eigenvalue weighted by molar-refractivity contribution is 5.86. The second-order valence-electron chi connectivity index (χ2n) is 5.56. The van der Waals surface area contributed by atoms with E-state index in [2.05, 4.69) is 5.32 Å². The maximum absolute atomic E-state index is 11.9. The summed E-state index contributed by atoms with van der Waals surface area (Å²) in [5, 5.41) is 21.4. The average Bonchev–Trinajstić information content (AvgIpc) is 2.46. The molecule has 0 aliphatic rings. The number of hydrogen-bond acceptors (Lipinski definition) is 4. The monoisotopic (exact) mass is 309 g/mol. The van der Waals surface area contributed by atoms with Crippen LogP contribution in [-0.4, -0.2) is 41.3 Å². The van der Waals surface area contributed by atoms with Gasteiger partial charge >= 0.3 is 5.97 Å². The normalized spacial score (nSPS) is 13.5. The number of methoxy groups -OCH3 is 1. The molecule has 0 aromatic heterocycles. The predicted molar refractivity (Wildman–Crippen MR) is 81.7 cm³/mol. The van der Waals surface area contributed by atoms with Gasteiger partial charge in [0.1, 0.15) is 17.9 Å². The van der Waals surface area contributed by atoms with Crippen LogP contribution in [0.3, 0.4) is 0 Å². The summed E-state index contributed by atoms with van der Waals surface area (Å²) in [6.45, 7) is 3.75. The summed E-state index contributed by atoms with van der Waals surface area (Å²) in [7, 11) is 1.50. The molecule has 0 aliphatic carbocycles. The topological polar surface area (TPSA) is 95.9 Å². The van der Waals surface area contributed by atoms with E-state index in [0.717, 1.165) is 0 Å². The Bertz CT molecular complexity index is 515. The lowest BCUT2D eigenvalue weighted by Gasteiger charge is -2.19. The third-order valence-corrected chi connectivity index (χ3v) is 3.23. The fraction of sp³-hybridized carbons (Fsp3) is 0.500. The molecular weight excluding hydrogens is 286 g/mol. The van der Waals surface area contributed by atoms with Crippen molar-refractivity contribution in [3.05, 3.63) is 29.8 Å². The molecule has 2 atom stereocenters. The Morgan fingerprint density at radius 1 is 1.27 bits per heavy atom. The molecule has 0 fully saturated rings. The summed E-state index contributed by atoms with van der Waals surface area (Å²) in [5.41, 5.74) is 0.677. The van der Waals surface area contributed by atoms with E-state index in [9.17, 15) is 19.8 Å². The van der Waals surface area contributed by atoms with Crippen molar-refractivity contribution in [3.8, 4) is 5.75 Å². The number of benzene rings is 1. The van der Waals surface area contributed by atoms with Crippen LogP contribution in [0.5, 0.6) is 5.75 Å². The van der Waals surface area contributed by atoms with Gasteiger partial charge in [0.15, 0.2) is 0 Å². The summed E-state index contributed by atoms with van der Waals surface area (Å²) < 4.78 is 5.18. The van der Waals surface area contributed by atoms with Gasteiger partial charge in [-0.3, -0.25) is 4.79 Å². The number of carbonyl (C=O) groups excluding carboxylic acids is 1. The molecule has 3 N–H and O–H groups in total. The molecule has 0 radical (unpaired) electrons. The molecule has 1 amide bonds. The summed E-state index contributed by atoms with van der Waals surface area (Å²) in [6, 6.07) is 5.90. The van der Waals surface area contributed by atoms with Crippen LogP contribution in [0.25, 0.3) is 0 Å². The Balaban J connectivity index is 2.78. The molecule has 0 bridgehead atoms. The van der Waals surface area contributed by atoms with Crippen molar-refractivity contribution >= 4 is 11.9 Å². The van der Waals surface area contributed by atoms with E-state index in [-0.39, 0.29) is 18.8 Å². The number of aliphatic hydroxyl groups excluding tert-OH is 1. The SMILES string of the molecule is COc1ccccc1C[C@@H](NC(=O)[C@H](O)CC(C)C)C(=O)O. The van der Waals surface area contributed by atoms with Crippen LogP contribution in [0.4, 0.5) is 0 Å². The zero-order valence-corrected chi connectivity index (χ0v) is 13.1. The van der Waals surface area contributed by atoms with Crippen LogP contribution in [-0.2, 0) is 16.0 Å². The van der Waals surface area contributed by atoms with Crippen molar-refractivity contribution < 1.29 is 24.5 Å². The quantitative estimate of drug-likeness (QED) is 0.671. The molecule has 6 nitrogen and oxygen atoms in total. The number of carboxylic acid groups (broad SMARTS) is 1. The minimum absolute atomic E-state index is 0.0828. The molecule has 6 heteroatoms. The van der Waals surface area contributed by atoms with Gasteiger partial charge in [0, 0.05) is 6.42 Å². The van der Waals surface area contributed by atoms with Crippen LogP contribution in [0, 0.1) is 5.92 Å². The number of carbonyl (C=O) groups is 2. The number of hydrogen-bond donors (Lipinski definition) is 3. The number of nitrogens with one attached hydrogen (secondary N) is 1. The number of para-hydroxylation sites is 1. The van der Waals surface area contributed by atoms with E-state index in [1.807, 2.05) is 13.8 Å². The van der Waals surface area contributed by atoms with Gasteiger partial charge in [-0.25, -0.2) is 4.79 Å². The highest BCUT2D eigenvalue weighted by Crippen LogP contribution is 2.19. The lowest BCUT2D eigenvalue weighted by Crippen LogP contribution is -2.47. The largest absolute Gasteiger partial charge is 0.496 e. The maximum atomic E-state index is 11.9. The number of aliphatic hydroxyl groups is 1. The van der Waals surface area contributed by atoms with Crippen molar-refractivity contribution in [1.82, 2.24) is 5.32 Å². The third-order valence-electron chi connectivity index (χ3n) is 3.23. The van der Waals surface area contributed by atoms with Crippen LogP contribution >= 0.6 is 0 Å². The second kappa shape index (κ2) is 8.38. The van der Waals surface area contributed by atoms with E-state index in [1.54, 1.807) is 24.3 Å². The Kier molecular flexibility index (Phi) is 6.85. The average molecular weight is 309 g/mol. The Hall–Kier alpha value is -2.08. The number of aliphatic carboxylic acids is 1. The first-order valence-electron chi connectivity index (χ1n) is 7.18. The molecule has 0 unspecified atom stereocenters. The van der Waals surface area contributed by atoms with Crippen molar-refractivity contribution in [1.29, 1.82) is 0 Å². The number of amides is 1. The highest BCUT2D eigenvalue weighted by atomic mass is 16.5. The van der Waals surface area contributed by atoms with Gasteiger partial charge in [-0.2, -0.15) is 0 Å². The van der Waals surface area contributed by atoms with Gasteiger partial charge in [0.25, 0.3) is 0 Å². The lowest BCUT2D eigenvalue weighted by molar-refractivity contribution is -0.143. The fourth-order valence-corrected chi connectivity index (χ4v) is 2.11. The van der Waals surface area contributed by atoms with Crippen molar-refractivity contribution in [3.63, 3.8) is 0 Å². The fourth-order valence-electron chi connectivity index (χ4n) is 2.11. The van der Waals surface area contributed by atoms with Crippen LogP contribution in [0.2, 0.25) is 0 Å². The minimum atomic E-state index is -1.21. The molecule has 122 valence electrons. The van der Waals surface area contributed by atoms with Gasteiger partial charge in [0.05, 0.1) is 7.11 Å². The van der Waals surface area contributed by atoms with Crippen molar-refractivity contribution in [2.45, 2.75) is 38.8 Å². The highest BCUT2D eigenvalue weighted by Gasteiger charge is 2.25. The molecule has 22 heavy (non-hydrogen) atoms. The number of carboxylic acids is 1. The Labute approximate surface area is 130 Å². The molecule has 1 aromatic rings. The molecule has 1 rings (SSSR count). The van der Waals surface area contributed by atoms with Crippen LogP contribution in [0.15, 0.2) is 24.3 Å². The first-order chi connectivity index (χ1) is 10.3. The first kappa shape index (κ1) is 18.0. The summed E-state index contributed by atoms with van der Waals surface area (Å²) in [6.07, 6.45) is -0.841. The Morgan fingerprint density at radius 2 is 1.91 bits per heavy atom. The standard InChI is InChI=1S/C16H23NO5/c1-10(2)8-13(18)15(19)17-12(16(20)21)9-11-6-4-5-7-14(11)22-3/h4-7,10,12-13,18H,8-9H2,1-3H3,(H,17,19)(H,20,21)/t12-,13-/m1/s1. The molecule has 0 saturated carbocycles. The van der Waals surface area contributed by atoms with E-state index < -0.39 is 24.0 Å². The first-order valence-corrected chi connectivity index (χ1v) is 7.18. The molecular formula is C16H23NO5. The summed E-state index contributed by atoms with van der Waals surface area (Å²) in [4.78, 5) is 23.2. The molecule has 0 heterocycles. The van der Waals surface area contributed by atoms with E-state index in [4.69, 9.17) is 4.74 Å². The van der Waals surface area contributed by atoms with Gasteiger partial charge < -0.3 is 20.3 Å². The zero-order chi connectivity index (χ0) is 16.7. The third kappa shape index (κ3) is 5.37. The van der Waals surface area contributed by atoms with Crippen molar-refractivity contribution in [2.75, 3.05) is 7.11 Å². The molecule has 1 aromatic carbocycles. The predicted octanol–water partition coefficient (Wildman–Crippen LogP) is 1.21. The summed E-state index contributed by atoms with van der Waals surface area (Å²) >= 11 is 0. The second-order valence-corrected chi connectivity index (χ2v) is 5.56. The van der Waals surface area contributed by atoms with Crippen LogP contribution in [0.1, 0.15) is 25.8 Å². The lowest BCUT2D eigenvalue weighted by atomic mass is 10.0. The molecule has 0 saturated heterocycles. The number of ether oxygens (including phenoxy) is 1. The minimum Gasteiger partial charge on any atom is -0.496 e. The molecule has 0 aliphatic heterocycles. The van der Waals surface area contributed by atoms with Gasteiger partial charge in [-0.05, 0) is 24.0 Å². The zero-order valence-electron chi connectivity index (χ0n) is 13.1. The van der Waals surface area contributed by atoms with E-state index >= 15 is 0 Å².